The number of carbonyl (C=O) groups excluding carboxylic acids is 1. The van der Waals surface area contributed by atoms with E-state index in [0.29, 0.717) is 0 Å². The standard InChI is InChI=1S/C21H17ClF4N4O4/c22-11-1-2-15(23)13(5-11)17-6-18(19(8-28-17)34-21(24,25)26)30-16-3-4-27-7-14(16)20(33)29-12(9-31)10-32/h1-8,12,31-32H,9-10H2,(H,29,33)(H,27,28,30). The molecule has 1 amide bonds. The first-order chi connectivity index (χ1) is 16.1. The SMILES string of the molecule is O=C(NC(CO)CO)c1cnccc1Nc1cc(-c2cc(Cl)ccc2F)ncc1OC(F)(F)F. The van der Waals surface area contributed by atoms with Crippen molar-refractivity contribution in [3.05, 3.63) is 65.3 Å². The number of alkyl halides is 3. The van der Waals surface area contributed by atoms with E-state index in [4.69, 9.17) is 11.6 Å². The molecule has 0 bridgehead atoms. The fourth-order valence-corrected chi connectivity index (χ4v) is 3.00. The number of pyridine rings is 2. The van der Waals surface area contributed by atoms with Gasteiger partial charge in [0.2, 0.25) is 0 Å². The monoisotopic (exact) mass is 500 g/mol. The summed E-state index contributed by atoms with van der Waals surface area (Å²) in [5, 5.41) is 23.5. The van der Waals surface area contributed by atoms with Crippen LogP contribution in [0.25, 0.3) is 11.3 Å². The summed E-state index contributed by atoms with van der Waals surface area (Å²) >= 11 is 5.91. The van der Waals surface area contributed by atoms with Gasteiger partial charge in [-0.25, -0.2) is 4.39 Å². The maximum atomic E-state index is 14.3. The number of nitrogens with zero attached hydrogens (tertiary/aromatic N) is 2. The number of ether oxygens (including phenoxy) is 1. The average molecular weight is 501 g/mol. The molecule has 2 heterocycles. The number of aliphatic hydroxyl groups excluding tert-OH is 2. The predicted molar refractivity (Wildman–Crippen MR) is 114 cm³/mol. The van der Waals surface area contributed by atoms with Gasteiger partial charge in [0.25, 0.3) is 5.91 Å². The van der Waals surface area contributed by atoms with Gasteiger partial charge in [-0.2, -0.15) is 0 Å². The molecule has 0 atom stereocenters. The molecule has 0 fully saturated rings. The molecule has 0 aliphatic carbocycles. The topological polar surface area (TPSA) is 117 Å². The van der Waals surface area contributed by atoms with Crippen LogP contribution in [-0.4, -0.2) is 51.7 Å². The second kappa shape index (κ2) is 10.6. The minimum Gasteiger partial charge on any atom is -0.402 e. The lowest BCUT2D eigenvalue weighted by molar-refractivity contribution is -0.274. The Morgan fingerprint density at radius 3 is 2.53 bits per heavy atom. The fourth-order valence-electron chi connectivity index (χ4n) is 2.83. The highest BCUT2D eigenvalue weighted by Gasteiger charge is 2.33. The molecule has 4 N–H and O–H groups in total. The van der Waals surface area contributed by atoms with E-state index in [2.05, 4.69) is 25.3 Å². The van der Waals surface area contributed by atoms with Crippen LogP contribution in [0.5, 0.6) is 5.75 Å². The molecule has 34 heavy (non-hydrogen) atoms. The van der Waals surface area contributed by atoms with Crippen molar-refractivity contribution in [1.82, 2.24) is 15.3 Å². The van der Waals surface area contributed by atoms with Crippen molar-refractivity contribution < 1.29 is 37.3 Å². The molecule has 0 unspecified atom stereocenters. The third-order valence-corrected chi connectivity index (χ3v) is 4.64. The summed E-state index contributed by atoms with van der Waals surface area (Å²) in [4.78, 5) is 20.2. The van der Waals surface area contributed by atoms with E-state index in [0.717, 1.165) is 24.5 Å². The summed E-state index contributed by atoms with van der Waals surface area (Å²) in [7, 11) is 0. The molecule has 8 nitrogen and oxygen atoms in total. The number of amides is 1. The molecular weight excluding hydrogens is 484 g/mol. The van der Waals surface area contributed by atoms with Crippen LogP contribution in [0.4, 0.5) is 28.9 Å². The first kappa shape index (κ1) is 25.1. The lowest BCUT2D eigenvalue weighted by Gasteiger charge is -2.18. The molecule has 13 heteroatoms. The largest absolute Gasteiger partial charge is 0.573 e. The molecule has 2 aromatic heterocycles. The molecule has 0 aliphatic heterocycles. The Morgan fingerprint density at radius 2 is 1.85 bits per heavy atom. The third-order valence-electron chi connectivity index (χ3n) is 4.41. The van der Waals surface area contributed by atoms with E-state index < -0.39 is 43.1 Å². The van der Waals surface area contributed by atoms with Gasteiger partial charge in [0.1, 0.15) is 5.82 Å². The van der Waals surface area contributed by atoms with Gasteiger partial charge in [0.05, 0.1) is 48.1 Å². The number of hydrogen-bond donors (Lipinski definition) is 4. The molecule has 180 valence electrons. The molecule has 0 saturated carbocycles. The van der Waals surface area contributed by atoms with Gasteiger partial charge >= 0.3 is 6.36 Å². The molecule has 0 aliphatic rings. The van der Waals surface area contributed by atoms with Crippen molar-refractivity contribution in [3.8, 4) is 17.0 Å². The Kier molecular flexibility index (Phi) is 7.87. The zero-order chi connectivity index (χ0) is 24.9. The zero-order valence-corrected chi connectivity index (χ0v) is 17.9. The van der Waals surface area contributed by atoms with Crippen LogP contribution >= 0.6 is 11.6 Å². The summed E-state index contributed by atoms with van der Waals surface area (Å²) in [5.74, 6) is -2.22. The minimum atomic E-state index is -5.06. The fraction of sp³-hybridized carbons (Fsp3) is 0.190. The number of halogens is 5. The van der Waals surface area contributed by atoms with E-state index in [1.54, 1.807) is 0 Å². The van der Waals surface area contributed by atoms with Gasteiger partial charge in [0, 0.05) is 23.0 Å². The van der Waals surface area contributed by atoms with Gasteiger partial charge < -0.3 is 25.6 Å². The van der Waals surface area contributed by atoms with Crippen LogP contribution in [0.3, 0.4) is 0 Å². The molecule has 0 saturated heterocycles. The molecule has 0 spiro atoms. The second-order valence-corrected chi connectivity index (χ2v) is 7.26. The maximum absolute atomic E-state index is 14.3. The van der Waals surface area contributed by atoms with Crippen molar-refractivity contribution in [2.75, 3.05) is 18.5 Å². The lowest BCUT2D eigenvalue weighted by atomic mass is 10.1. The Bertz CT molecular complexity index is 1180. The first-order valence-electron chi connectivity index (χ1n) is 9.56. The molecule has 3 aromatic rings. The summed E-state index contributed by atoms with van der Waals surface area (Å²) in [6, 6.07) is 5.07. The highest BCUT2D eigenvalue weighted by Crippen LogP contribution is 2.36. The summed E-state index contributed by atoms with van der Waals surface area (Å²) < 4.78 is 57.2. The van der Waals surface area contributed by atoms with Crippen molar-refractivity contribution in [2.45, 2.75) is 12.4 Å². The van der Waals surface area contributed by atoms with E-state index >= 15 is 0 Å². The van der Waals surface area contributed by atoms with E-state index in [-0.39, 0.29) is 33.2 Å². The van der Waals surface area contributed by atoms with Crippen LogP contribution in [0.1, 0.15) is 10.4 Å². The maximum Gasteiger partial charge on any atom is 0.573 e. The zero-order valence-electron chi connectivity index (χ0n) is 17.1. The molecular formula is C21H17ClF4N4O4. The highest BCUT2D eigenvalue weighted by molar-refractivity contribution is 6.30. The summed E-state index contributed by atoms with van der Waals surface area (Å²) in [5.41, 5.74) is -0.520. The number of aromatic nitrogens is 2. The highest BCUT2D eigenvalue weighted by atomic mass is 35.5. The minimum absolute atomic E-state index is 0.0119. The van der Waals surface area contributed by atoms with Gasteiger partial charge in [0.15, 0.2) is 5.75 Å². The number of hydrogen-bond acceptors (Lipinski definition) is 7. The van der Waals surface area contributed by atoms with E-state index in [9.17, 15) is 32.6 Å². The number of rotatable bonds is 8. The smallest absolute Gasteiger partial charge is 0.402 e. The second-order valence-electron chi connectivity index (χ2n) is 6.82. The van der Waals surface area contributed by atoms with Crippen LogP contribution in [0.2, 0.25) is 5.02 Å². The number of aliphatic hydroxyl groups is 2. The Morgan fingerprint density at radius 1 is 1.12 bits per heavy atom. The average Bonchev–Trinajstić information content (AvgIpc) is 2.79. The normalized spacial score (nSPS) is 11.4. The predicted octanol–water partition coefficient (Wildman–Crippen LogP) is 3.66. The van der Waals surface area contributed by atoms with Gasteiger partial charge in [-0.15, -0.1) is 13.2 Å². The molecule has 3 rings (SSSR count). The van der Waals surface area contributed by atoms with Crippen LogP contribution in [-0.2, 0) is 0 Å². The number of nitrogens with one attached hydrogen (secondary N) is 2. The van der Waals surface area contributed by atoms with E-state index in [1.807, 2.05) is 0 Å². The molecule has 1 aromatic carbocycles. The molecule has 0 radical (unpaired) electrons. The van der Waals surface area contributed by atoms with Crippen molar-refractivity contribution in [3.63, 3.8) is 0 Å². The number of carbonyl (C=O) groups is 1. The quantitative estimate of drug-likeness (QED) is 0.349. The number of benzene rings is 1. The Labute approximate surface area is 195 Å². The summed E-state index contributed by atoms with van der Waals surface area (Å²) in [6.07, 6.45) is -1.90. The van der Waals surface area contributed by atoms with Gasteiger partial charge in [-0.05, 0) is 30.3 Å². The van der Waals surface area contributed by atoms with Gasteiger partial charge in [-0.1, -0.05) is 11.6 Å². The first-order valence-corrected chi connectivity index (χ1v) is 9.94. The lowest BCUT2D eigenvalue weighted by Crippen LogP contribution is -2.40. The van der Waals surface area contributed by atoms with Crippen LogP contribution in [0.15, 0.2) is 48.9 Å². The van der Waals surface area contributed by atoms with Crippen molar-refractivity contribution in [2.24, 2.45) is 0 Å². The van der Waals surface area contributed by atoms with Crippen molar-refractivity contribution >= 4 is 28.9 Å². The summed E-state index contributed by atoms with van der Waals surface area (Å²) in [6.45, 7) is -1.10. The number of anilines is 2. The Hall–Kier alpha value is -3.48. The van der Waals surface area contributed by atoms with Crippen LogP contribution in [0, 0.1) is 5.82 Å². The van der Waals surface area contributed by atoms with Crippen molar-refractivity contribution in [1.29, 1.82) is 0 Å². The van der Waals surface area contributed by atoms with Gasteiger partial charge in [-0.3, -0.25) is 14.8 Å². The third kappa shape index (κ3) is 6.31. The van der Waals surface area contributed by atoms with Crippen LogP contribution < -0.4 is 15.4 Å². The Balaban J connectivity index is 2.04. The van der Waals surface area contributed by atoms with E-state index in [1.165, 1.54) is 24.4 Å².